The van der Waals surface area contributed by atoms with Crippen LogP contribution in [0.1, 0.15) is 52.5 Å². The maximum absolute atomic E-state index is 12.4. The van der Waals surface area contributed by atoms with Crippen molar-refractivity contribution < 1.29 is 18.8 Å². The van der Waals surface area contributed by atoms with E-state index in [9.17, 15) is 4.79 Å². The summed E-state index contributed by atoms with van der Waals surface area (Å²) in [6.45, 7) is 8.52. The Kier molecular flexibility index (Phi) is 5.11. The van der Waals surface area contributed by atoms with E-state index in [1.54, 1.807) is 17.2 Å². The van der Waals surface area contributed by atoms with E-state index in [1.807, 2.05) is 33.8 Å². The quantitative estimate of drug-likeness (QED) is 0.822. The van der Waals surface area contributed by atoms with E-state index in [1.165, 1.54) is 0 Å². The van der Waals surface area contributed by atoms with Crippen molar-refractivity contribution in [1.29, 1.82) is 0 Å². The molecule has 1 atom stereocenters. The van der Waals surface area contributed by atoms with Gasteiger partial charge in [-0.25, -0.2) is 9.78 Å². The highest BCUT2D eigenvalue weighted by Gasteiger charge is 2.36. The van der Waals surface area contributed by atoms with Gasteiger partial charge in [-0.2, -0.15) is 4.98 Å². The van der Waals surface area contributed by atoms with Gasteiger partial charge in [0.15, 0.2) is 0 Å². The third-order valence-corrected chi connectivity index (χ3v) is 3.90. The highest BCUT2D eigenvalue weighted by molar-refractivity contribution is 5.69. The molecule has 140 valence electrons. The average molecular weight is 360 g/mol. The number of likely N-dealkylation sites (tertiary alicyclic amines) is 1. The average Bonchev–Trinajstić information content (AvgIpc) is 3.23. The van der Waals surface area contributed by atoms with Gasteiger partial charge in [-0.15, -0.1) is 0 Å². The lowest BCUT2D eigenvalue weighted by molar-refractivity contribution is 0.0199. The predicted molar refractivity (Wildman–Crippen MR) is 93.6 cm³/mol. The van der Waals surface area contributed by atoms with E-state index in [0.29, 0.717) is 36.3 Å². The van der Waals surface area contributed by atoms with Crippen molar-refractivity contribution in [2.45, 2.75) is 52.2 Å². The number of nitrogens with zero attached hydrogens (tertiary/aromatic N) is 4. The number of rotatable bonds is 4. The van der Waals surface area contributed by atoms with E-state index in [-0.39, 0.29) is 12.1 Å². The number of aromatic nitrogens is 3. The molecule has 0 aliphatic carbocycles. The summed E-state index contributed by atoms with van der Waals surface area (Å²) in [5, 5.41) is 4.06. The van der Waals surface area contributed by atoms with Gasteiger partial charge >= 0.3 is 6.09 Å². The third-order valence-electron chi connectivity index (χ3n) is 3.90. The van der Waals surface area contributed by atoms with E-state index in [0.717, 1.165) is 12.8 Å². The lowest BCUT2D eigenvalue weighted by Gasteiger charge is -2.26. The molecule has 1 fully saturated rings. The van der Waals surface area contributed by atoms with E-state index >= 15 is 0 Å². The first-order chi connectivity index (χ1) is 12.4. The van der Waals surface area contributed by atoms with Crippen LogP contribution in [0.3, 0.4) is 0 Å². The van der Waals surface area contributed by atoms with Crippen molar-refractivity contribution in [2.75, 3.05) is 13.2 Å². The number of amides is 1. The van der Waals surface area contributed by atoms with Crippen molar-refractivity contribution in [3.63, 3.8) is 0 Å². The van der Waals surface area contributed by atoms with Gasteiger partial charge < -0.3 is 14.0 Å². The zero-order valence-electron chi connectivity index (χ0n) is 15.6. The van der Waals surface area contributed by atoms with Crippen molar-refractivity contribution in [3.8, 4) is 17.3 Å². The van der Waals surface area contributed by atoms with Crippen LogP contribution >= 0.6 is 0 Å². The normalized spacial score (nSPS) is 17.4. The molecule has 0 aromatic carbocycles. The number of hydrogen-bond acceptors (Lipinski definition) is 7. The fourth-order valence-electron chi connectivity index (χ4n) is 2.86. The van der Waals surface area contributed by atoms with Gasteiger partial charge in [0.05, 0.1) is 12.2 Å². The number of carbonyl (C=O) groups is 1. The molecule has 3 heterocycles. The van der Waals surface area contributed by atoms with E-state index in [4.69, 9.17) is 14.0 Å². The largest absolute Gasteiger partial charge is 0.477 e. The summed E-state index contributed by atoms with van der Waals surface area (Å²) in [6, 6.07) is 3.34. The van der Waals surface area contributed by atoms with Gasteiger partial charge in [0, 0.05) is 12.7 Å². The van der Waals surface area contributed by atoms with Gasteiger partial charge in [-0.05, 0) is 52.7 Å². The Hall–Kier alpha value is -2.64. The highest BCUT2D eigenvalue weighted by atomic mass is 16.6. The van der Waals surface area contributed by atoms with Crippen LogP contribution in [-0.4, -0.2) is 44.9 Å². The second kappa shape index (κ2) is 7.31. The Balaban J connectivity index is 1.82. The molecule has 26 heavy (non-hydrogen) atoms. The summed E-state index contributed by atoms with van der Waals surface area (Å²) in [6.07, 6.45) is 2.90. The Bertz CT molecular complexity index is 769. The third kappa shape index (κ3) is 3.95. The second-order valence-corrected chi connectivity index (χ2v) is 7.08. The van der Waals surface area contributed by atoms with Crippen LogP contribution in [-0.2, 0) is 4.74 Å². The number of ether oxygens (including phenoxy) is 2. The first-order valence-corrected chi connectivity index (χ1v) is 8.80. The summed E-state index contributed by atoms with van der Waals surface area (Å²) in [5.74, 6) is 1.25. The van der Waals surface area contributed by atoms with Gasteiger partial charge in [0.25, 0.3) is 0 Å². The van der Waals surface area contributed by atoms with Crippen LogP contribution in [0.4, 0.5) is 4.79 Å². The summed E-state index contributed by atoms with van der Waals surface area (Å²) in [5.41, 5.74) is 0.109. The minimum atomic E-state index is -0.549. The first kappa shape index (κ1) is 18.2. The molecule has 0 radical (unpaired) electrons. The molecule has 0 spiro atoms. The highest BCUT2D eigenvalue weighted by Crippen LogP contribution is 2.34. The summed E-state index contributed by atoms with van der Waals surface area (Å²) in [4.78, 5) is 22.8. The van der Waals surface area contributed by atoms with Crippen LogP contribution in [0.25, 0.3) is 11.4 Å². The Morgan fingerprint density at radius 3 is 2.96 bits per heavy atom. The molecule has 1 amide bonds. The molecular formula is C18H24N4O4. The van der Waals surface area contributed by atoms with Crippen LogP contribution in [0.15, 0.2) is 22.9 Å². The van der Waals surface area contributed by atoms with Crippen LogP contribution in [0, 0.1) is 0 Å². The SMILES string of the molecule is CCOc1ncccc1-c1noc(C2CCCN2C(=O)OC(C)(C)C)n1. The molecule has 1 aliphatic heterocycles. The summed E-state index contributed by atoms with van der Waals surface area (Å²) < 4.78 is 16.5. The Morgan fingerprint density at radius 1 is 1.42 bits per heavy atom. The van der Waals surface area contributed by atoms with Gasteiger partial charge in [0.2, 0.25) is 17.6 Å². The molecular weight excluding hydrogens is 336 g/mol. The van der Waals surface area contributed by atoms with Gasteiger partial charge in [-0.3, -0.25) is 4.90 Å². The van der Waals surface area contributed by atoms with E-state index < -0.39 is 5.60 Å². The Labute approximate surface area is 152 Å². The zero-order chi connectivity index (χ0) is 18.7. The number of hydrogen-bond donors (Lipinski definition) is 0. The van der Waals surface area contributed by atoms with Crippen molar-refractivity contribution >= 4 is 6.09 Å². The molecule has 1 saturated heterocycles. The van der Waals surface area contributed by atoms with Gasteiger partial charge in [-0.1, -0.05) is 5.16 Å². The molecule has 2 aromatic rings. The van der Waals surface area contributed by atoms with Crippen LogP contribution in [0.2, 0.25) is 0 Å². The summed E-state index contributed by atoms with van der Waals surface area (Å²) >= 11 is 0. The van der Waals surface area contributed by atoms with Gasteiger partial charge in [0.1, 0.15) is 11.6 Å². The minimum Gasteiger partial charge on any atom is -0.477 e. The molecule has 1 aliphatic rings. The maximum Gasteiger partial charge on any atom is 0.410 e. The molecule has 8 nitrogen and oxygen atoms in total. The Morgan fingerprint density at radius 2 is 2.23 bits per heavy atom. The molecule has 8 heteroatoms. The fraction of sp³-hybridized carbons (Fsp3) is 0.556. The zero-order valence-corrected chi connectivity index (χ0v) is 15.6. The predicted octanol–water partition coefficient (Wildman–Crippen LogP) is 3.60. The standard InChI is InChI=1S/C18H24N4O4/c1-5-24-15-12(8-6-10-19-15)14-20-16(26-21-14)13-9-7-11-22(13)17(23)25-18(2,3)4/h6,8,10,13H,5,7,9,11H2,1-4H3. The minimum absolute atomic E-state index is 0.279. The van der Waals surface area contributed by atoms with Crippen LogP contribution < -0.4 is 4.74 Å². The molecule has 0 bridgehead atoms. The number of carbonyl (C=O) groups excluding carboxylic acids is 1. The molecule has 0 N–H and O–H groups in total. The maximum atomic E-state index is 12.4. The molecule has 0 saturated carbocycles. The fourth-order valence-corrected chi connectivity index (χ4v) is 2.86. The molecule has 3 rings (SSSR count). The molecule has 1 unspecified atom stereocenters. The topological polar surface area (TPSA) is 90.6 Å². The first-order valence-electron chi connectivity index (χ1n) is 8.80. The van der Waals surface area contributed by atoms with E-state index in [2.05, 4.69) is 15.1 Å². The smallest absolute Gasteiger partial charge is 0.410 e. The lowest BCUT2D eigenvalue weighted by Crippen LogP contribution is -2.36. The molecule has 2 aromatic heterocycles. The monoisotopic (exact) mass is 360 g/mol. The van der Waals surface area contributed by atoms with Crippen molar-refractivity contribution in [1.82, 2.24) is 20.0 Å². The van der Waals surface area contributed by atoms with Crippen LogP contribution in [0.5, 0.6) is 5.88 Å². The number of pyridine rings is 1. The second-order valence-electron chi connectivity index (χ2n) is 7.08. The lowest BCUT2D eigenvalue weighted by atomic mass is 10.2. The van der Waals surface area contributed by atoms with Crippen molar-refractivity contribution in [2.24, 2.45) is 0 Å². The van der Waals surface area contributed by atoms with Crippen molar-refractivity contribution in [3.05, 3.63) is 24.2 Å². The summed E-state index contributed by atoms with van der Waals surface area (Å²) in [7, 11) is 0.